The third kappa shape index (κ3) is 2.12. The number of hydrogen-bond donors (Lipinski definition) is 2. The molecule has 1 aromatic rings. The van der Waals surface area contributed by atoms with Gasteiger partial charge in [0.25, 0.3) is 0 Å². The molecule has 0 bridgehead atoms. The summed E-state index contributed by atoms with van der Waals surface area (Å²) in [5, 5.41) is 0.324. The van der Waals surface area contributed by atoms with Gasteiger partial charge in [0, 0.05) is 13.1 Å². The van der Waals surface area contributed by atoms with E-state index in [1.165, 1.54) is 6.33 Å². The molecule has 0 unspecified atom stereocenters. The van der Waals surface area contributed by atoms with Gasteiger partial charge in [-0.3, -0.25) is 4.79 Å². The molecule has 1 aromatic heterocycles. The molecule has 1 aliphatic heterocycles. The summed E-state index contributed by atoms with van der Waals surface area (Å²) in [7, 11) is 0. The summed E-state index contributed by atoms with van der Waals surface area (Å²) in [6.45, 7) is 3.18. The van der Waals surface area contributed by atoms with Crippen molar-refractivity contribution in [3.63, 3.8) is 0 Å². The number of nitrogens with two attached hydrogens (primary N) is 2. The summed E-state index contributed by atoms with van der Waals surface area (Å²) in [6.07, 6.45) is 1.36. The van der Waals surface area contributed by atoms with Gasteiger partial charge in [0.2, 0.25) is 5.91 Å². The molecular formula is C10H14ClN5O. The number of hydrogen-bond acceptors (Lipinski definition) is 5. The maximum absolute atomic E-state index is 11.2. The van der Waals surface area contributed by atoms with Crippen molar-refractivity contribution < 1.29 is 4.79 Å². The van der Waals surface area contributed by atoms with Crippen LogP contribution in [-0.2, 0) is 4.79 Å². The summed E-state index contributed by atoms with van der Waals surface area (Å²) in [5.74, 6) is 0.516. The summed E-state index contributed by atoms with van der Waals surface area (Å²) in [6, 6.07) is 0. The van der Waals surface area contributed by atoms with Crippen LogP contribution >= 0.6 is 11.6 Å². The highest BCUT2D eigenvalue weighted by molar-refractivity contribution is 6.35. The van der Waals surface area contributed by atoms with E-state index in [0.717, 1.165) is 0 Å². The molecular weight excluding hydrogens is 242 g/mol. The Labute approximate surface area is 104 Å². The van der Waals surface area contributed by atoms with Gasteiger partial charge in [-0.2, -0.15) is 0 Å². The fourth-order valence-electron chi connectivity index (χ4n) is 2.10. The van der Waals surface area contributed by atoms with Crippen molar-refractivity contribution in [1.29, 1.82) is 0 Å². The molecule has 0 saturated carbocycles. The SMILES string of the molecule is C[C@@H]1CN(c2ncnc(N)c2Cl)C[C@H]1C(N)=O. The average Bonchev–Trinajstić information content (AvgIpc) is 2.64. The van der Waals surface area contributed by atoms with Gasteiger partial charge < -0.3 is 16.4 Å². The van der Waals surface area contributed by atoms with Crippen molar-refractivity contribution in [2.24, 2.45) is 17.6 Å². The minimum atomic E-state index is -0.293. The maximum Gasteiger partial charge on any atom is 0.222 e. The third-order valence-electron chi connectivity index (χ3n) is 3.08. The molecule has 1 amide bonds. The second-order valence-corrected chi connectivity index (χ2v) is 4.67. The van der Waals surface area contributed by atoms with Crippen LogP contribution in [0.15, 0.2) is 6.33 Å². The molecule has 2 atom stereocenters. The smallest absolute Gasteiger partial charge is 0.222 e. The van der Waals surface area contributed by atoms with Gasteiger partial charge in [-0.25, -0.2) is 9.97 Å². The zero-order valence-corrected chi connectivity index (χ0v) is 10.2. The van der Waals surface area contributed by atoms with Gasteiger partial charge in [-0.1, -0.05) is 18.5 Å². The van der Waals surface area contributed by atoms with Crippen LogP contribution in [0.3, 0.4) is 0 Å². The fraction of sp³-hybridized carbons (Fsp3) is 0.500. The summed E-state index contributed by atoms with van der Waals surface area (Å²) < 4.78 is 0. The van der Waals surface area contributed by atoms with E-state index < -0.39 is 0 Å². The second-order valence-electron chi connectivity index (χ2n) is 4.29. The lowest BCUT2D eigenvalue weighted by atomic mass is 9.98. The van der Waals surface area contributed by atoms with Crippen LogP contribution in [0.1, 0.15) is 6.92 Å². The number of carbonyl (C=O) groups is 1. The van der Waals surface area contributed by atoms with E-state index in [9.17, 15) is 4.79 Å². The Balaban J connectivity index is 2.26. The number of nitrogens with zero attached hydrogens (tertiary/aromatic N) is 3. The van der Waals surface area contributed by atoms with Crippen molar-refractivity contribution in [3.8, 4) is 0 Å². The second kappa shape index (κ2) is 4.37. The fourth-order valence-corrected chi connectivity index (χ4v) is 2.32. The van der Waals surface area contributed by atoms with Crippen LogP contribution in [0.5, 0.6) is 0 Å². The molecule has 17 heavy (non-hydrogen) atoms. The van der Waals surface area contributed by atoms with E-state index in [-0.39, 0.29) is 23.6 Å². The van der Waals surface area contributed by atoms with Crippen LogP contribution in [0, 0.1) is 11.8 Å². The van der Waals surface area contributed by atoms with E-state index in [1.54, 1.807) is 0 Å². The summed E-state index contributed by atoms with van der Waals surface area (Å²) >= 11 is 6.04. The van der Waals surface area contributed by atoms with Gasteiger partial charge in [0.15, 0.2) is 5.82 Å². The van der Waals surface area contributed by atoms with Crippen LogP contribution in [0.4, 0.5) is 11.6 Å². The molecule has 1 fully saturated rings. The van der Waals surface area contributed by atoms with Crippen LogP contribution in [-0.4, -0.2) is 29.0 Å². The highest BCUT2D eigenvalue weighted by atomic mass is 35.5. The van der Waals surface area contributed by atoms with Crippen molar-refractivity contribution in [2.45, 2.75) is 6.92 Å². The number of carbonyl (C=O) groups excluding carboxylic acids is 1. The summed E-state index contributed by atoms with van der Waals surface area (Å²) in [5.41, 5.74) is 11.0. The van der Waals surface area contributed by atoms with Gasteiger partial charge in [-0.15, -0.1) is 0 Å². The number of primary amides is 1. The first kappa shape index (κ1) is 11.9. The molecule has 0 radical (unpaired) electrons. The van der Waals surface area contributed by atoms with Crippen molar-refractivity contribution in [3.05, 3.63) is 11.3 Å². The molecule has 2 heterocycles. The van der Waals surface area contributed by atoms with E-state index in [0.29, 0.717) is 23.9 Å². The van der Waals surface area contributed by atoms with Crippen molar-refractivity contribution >= 4 is 29.1 Å². The normalized spacial score (nSPS) is 24.0. The monoisotopic (exact) mass is 255 g/mol. The lowest BCUT2D eigenvalue weighted by Gasteiger charge is -2.18. The van der Waals surface area contributed by atoms with Crippen LogP contribution in [0.2, 0.25) is 5.02 Å². The predicted molar refractivity (Wildman–Crippen MR) is 65.5 cm³/mol. The average molecular weight is 256 g/mol. The third-order valence-corrected chi connectivity index (χ3v) is 3.44. The Bertz CT molecular complexity index is 452. The molecule has 0 aliphatic carbocycles. The molecule has 7 heteroatoms. The first-order chi connectivity index (χ1) is 8.00. The number of amides is 1. The largest absolute Gasteiger partial charge is 0.382 e. The number of halogens is 1. The zero-order chi connectivity index (χ0) is 12.6. The molecule has 2 rings (SSSR count). The molecule has 6 nitrogen and oxygen atoms in total. The maximum atomic E-state index is 11.2. The molecule has 4 N–H and O–H groups in total. The molecule has 1 aliphatic rings. The number of anilines is 2. The van der Waals surface area contributed by atoms with Crippen LogP contribution in [0.25, 0.3) is 0 Å². The first-order valence-electron chi connectivity index (χ1n) is 5.31. The topological polar surface area (TPSA) is 98.1 Å². The van der Waals surface area contributed by atoms with E-state index >= 15 is 0 Å². The Kier molecular flexibility index (Phi) is 3.06. The highest BCUT2D eigenvalue weighted by Gasteiger charge is 2.35. The minimum Gasteiger partial charge on any atom is -0.382 e. The number of rotatable bonds is 2. The van der Waals surface area contributed by atoms with Gasteiger partial charge in [0.05, 0.1) is 5.92 Å². The zero-order valence-electron chi connectivity index (χ0n) is 9.43. The highest BCUT2D eigenvalue weighted by Crippen LogP contribution is 2.32. The molecule has 0 aromatic carbocycles. The first-order valence-corrected chi connectivity index (χ1v) is 5.68. The van der Waals surface area contributed by atoms with Gasteiger partial charge in [0.1, 0.15) is 17.2 Å². The molecule has 92 valence electrons. The molecule has 0 spiro atoms. The van der Waals surface area contributed by atoms with Crippen LogP contribution < -0.4 is 16.4 Å². The quantitative estimate of drug-likeness (QED) is 0.790. The number of nitrogen functional groups attached to an aromatic ring is 1. The van der Waals surface area contributed by atoms with Crippen molar-refractivity contribution in [1.82, 2.24) is 9.97 Å². The summed E-state index contributed by atoms with van der Waals surface area (Å²) in [4.78, 5) is 21.1. The Hall–Kier alpha value is -1.56. The standard InChI is InChI=1S/C10H14ClN5O/c1-5-2-16(3-6(5)9(13)17)10-7(11)8(12)14-4-15-10/h4-6H,2-3H2,1H3,(H2,13,17)(H2,12,14,15)/t5-,6-/m1/s1. The lowest BCUT2D eigenvalue weighted by Crippen LogP contribution is -2.29. The Morgan fingerprint density at radius 3 is 2.82 bits per heavy atom. The van der Waals surface area contributed by atoms with Gasteiger partial charge >= 0.3 is 0 Å². The Morgan fingerprint density at radius 2 is 2.24 bits per heavy atom. The predicted octanol–water partition coefficient (Wildman–Crippen LogP) is 0.270. The molecule has 1 saturated heterocycles. The minimum absolute atomic E-state index is 0.178. The van der Waals surface area contributed by atoms with E-state index in [2.05, 4.69) is 9.97 Å². The lowest BCUT2D eigenvalue weighted by molar-refractivity contribution is -0.122. The van der Waals surface area contributed by atoms with E-state index in [4.69, 9.17) is 23.1 Å². The van der Waals surface area contributed by atoms with Gasteiger partial charge in [-0.05, 0) is 5.92 Å². The van der Waals surface area contributed by atoms with Crippen molar-refractivity contribution in [2.75, 3.05) is 23.7 Å². The van der Waals surface area contributed by atoms with E-state index in [1.807, 2.05) is 11.8 Å². The number of aromatic nitrogens is 2. The Morgan fingerprint density at radius 1 is 1.53 bits per heavy atom.